The number of rotatable bonds is 5. The van der Waals surface area contributed by atoms with Crippen LogP contribution in [0.1, 0.15) is 0 Å². The van der Waals surface area contributed by atoms with E-state index in [1.165, 1.54) is 0 Å². The number of thioether (sulfide) groups is 1. The first-order chi connectivity index (χ1) is 13.4. The zero-order valence-electron chi connectivity index (χ0n) is 14.8. The molecule has 2 heterocycles. The zero-order valence-corrected chi connectivity index (χ0v) is 17.9. The first-order valence-electron chi connectivity index (χ1n) is 8.75. The summed E-state index contributed by atoms with van der Waals surface area (Å²) in [4.78, 5) is 6.65. The van der Waals surface area contributed by atoms with Crippen molar-refractivity contribution in [3.8, 4) is 5.75 Å². The number of hydrogen-bond acceptors (Lipinski definition) is 6. The molecule has 0 spiro atoms. The number of halogens is 2. The van der Waals surface area contributed by atoms with E-state index in [9.17, 15) is 8.42 Å². The molecule has 2 aliphatic rings. The van der Waals surface area contributed by atoms with E-state index in [1.54, 1.807) is 30.0 Å². The molecule has 1 fully saturated rings. The third kappa shape index (κ3) is 4.43. The number of anilines is 1. The van der Waals surface area contributed by atoms with Crippen molar-refractivity contribution in [3.05, 3.63) is 58.6 Å². The number of amidine groups is 1. The largest absolute Gasteiger partial charge is 0.493 e. The van der Waals surface area contributed by atoms with Crippen molar-refractivity contribution in [2.24, 2.45) is 4.99 Å². The van der Waals surface area contributed by atoms with Gasteiger partial charge in [0.05, 0.1) is 30.2 Å². The second-order valence-corrected chi connectivity index (χ2v) is 10.7. The van der Waals surface area contributed by atoms with E-state index >= 15 is 0 Å². The third-order valence-corrected chi connectivity index (χ3v) is 7.63. The predicted octanol–water partition coefficient (Wildman–Crippen LogP) is 4.15. The standard InChI is InChI=1S/C19H18Cl2N2O3S2/c20-13-8-14(21)10-15(9-13)23-18-12-28(24,25)11-17(18)22-19(23)27-7-6-26-16-4-2-1-3-5-16/h1-5,8-10,17-18H,6-7,11-12H2/t17-,18-/m0/s1. The van der Waals surface area contributed by atoms with E-state index in [2.05, 4.69) is 0 Å². The number of fused-ring (bicyclic) bond motifs is 1. The minimum Gasteiger partial charge on any atom is -0.493 e. The van der Waals surface area contributed by atoms with Crippen LogP contribution in [-0.2, 0) is 9.84 Å². The van der Waals surface area contributed by atoms with Crippen molar-refractivity contribution in [3.63, 3.8) is 0 Å². The lowest BCUT2D eigenvalue weighted by atomic mass is 10.1. The van der Waals surface area contributed by atoms with Crippen LogP contribution >= 0.6 is 35.0 Å². The molecular formula is C19H18Cl2N2O3S2. The van der Waals surface area contributed by atoms with Gasteiger partial charge in [-0.25, -0.2) is 8.42 Å². The Labute approximate surface area is 178 Å². The highest BCUT2D eigenvalue weighted by molar-refractivity contribution is 8.14. The highest BCUT2D eigenvalue weighted by Crippen LogP contribution is 2.37. The average Bonchev–Trinajstić information content (AvgIpc) is 3.09. The highest BCUT2D eigenvalue weighted by atomic mass is 35.5. The van der Waals surface area contributed by atoms with E-state index in [1.807, 2.05) is 35.2 Å². The summed E-state index contributed by atoms with van der Waals surface area (Å²) in [6.45, 7) is 0.519. The lowest BCUT2D eigenvalue weighted by molar-refractivity contribution is 0.344. The van der Waals surface area contributed by atoms with Crippen molar-refractivity contribution in [2.75, 3.05) is 28.8 Å². The second-order valence-electron chi connectivity index (χ2n) is 6.63. The van der Waals surface area contributed by atoms with Gasteiger partial charge in [0.1, 0.15) is 5.75 Å². The fraction of sp³-hybridized carbons (Fsp3) is 0.316. The smallest absolute Gasteiger partial charge is 0.164 e. The molecule has 4 rings (SSSR count). The van der Waals surface area contributed by atoms with Crippen LogP contribution in [0.3, 0.4) is 0 Å². The minimum atomic E-state index is -3.10. The van der Waals surface area contributed by atoms with Gasteiger partial charge in [-0.3, -0.25) is 4.99 Å². The van der Waals surface area contributed by atoms with Crippen LogP contribution < -0.4 is 9.64 Å². The lowest BCUT2D eigenvalue weighted by Gasteiger charge is -2.26. The van der Waals surface area contributed by atoms with Crippen molar-refractivity contribution >= 4 is 55.7 Å². The van der Waals surface area contributed by atoms with Gasteiger partial charge in [-0.15, -0.1) is 0 Å². The zero-order chi connectivity index (χ0) is 19.7. The maximum absolute atomic E-state index is 12.1. The van der Waals surface area contributed by atoms with E-state index in [0.717, 1.165) is 16.6 Å². The summed E-state index contributed by atoms with van der Waals surface area (Å²) in [5.74, 6) is 1.66. The molecular weight excluding hydrogens is 439 g/mol. The normalized spacial score (nSPS) is 22.8. The van der Waals surface area contributed by atoms with Crippen molar-refractivity contribution in [1.82, 2.24) is 0 Å². The Hall–Kier alpha value is -1.41. The summed E-state index contributed by atoms with van der Waals surface area (Å²) in [6, 6.07) is 14.4. The molecule has 0 unspecified atom stereocenters. The quantitative estimate of drug-likeness (QED) is 0.632. The van der Waals surface area contributed by atoms with Crippen LogP contribution in [0.4, 0.5) is 5.69 Å². The van der Waals surface area contributed by atoms with Gasteiger partial charge in [0.2, 0.25) is 0 Å². The fourth-order valence-electron chi connectivity index (χ4n) is 3.42. The molecule has 148 valence electrons. The van der Waals surface area contributed by atoms with Crippen molar-refractivity contribution in [2.45, 2.75) is 12.1 Å². The molecule has 2 aliphatic heterocycles. The fourth-order valence-corrected chi connectivity index (χ4v) is 6.72. The number of para-hydroxylation sites is 1. The molecule has 0 aliphatic carbocycles. The number of ether oxygens (including phenoxy) is 1. The summed E-state index contributed by atoms with van der Waals surface area (Å²) in [5.41, 5.74) is 0.761. The number of benzene rings is 2. The SMILES string of the molecule is O=S1(=O)C[C@@H]2N=C(SCCOc3ccccc3)N(c3cc(Cl)cc(Cl)c3)[C@H]2C1. The lowest BCUT2D eigenvalue weighted by Crippen LogP contribution is -2.39. The number of sulfone groups is 1. The van der Waals surface area contributed by atoms with Gasteiger partial charge in [0, 0.05) is 21.5 Å². The van der Waals surface area contributed by atoms with E-state index in [-0.39, 0.29) is 23.6 Å². The van der Waals surface area contributed by atoms with Crippen LogP contribution in [0.25, 0.3) is 0 Å². The van der Waals surface area contributed by atoms with Gasteiger partial charge in [-0.2, -0.15) is 0 Å². The first-order valence-corrected chi connectivity index (χ1v) is 12.3. The van der Waals surface area contributed by atoms with Gasteiger partial charge in [-0.1, -0.05) is 53.2 Å². The average molecular weight is 457 g/mol. The molecule has 0 amide bonds. The van der Waals surface area contributed by atoms with Gasteiger partial charge >= 0.3 is 0 Å². The summed E-state index contributed by atoms with van der Waals surface area (Å²) in [6.07, 6.45) is 0. The van der Waals surface area contributed by atoms with Crippen molar-refractivity contribution < 1.29 is 13.2 Å². The molecule has 2 aromatic carbocycles. The monoisotopic (exact) mass is 456 g/mol. The second kappa shape index (κ2) is 8.14. The molecule has 2 atom stereocenters. The van der Waals surface area contributed by atoms with Gasteiger partial charge in [0.25, 0.3) is 0 Å². The summed E-state index contributed by atoms with van der Waals surface area (Å²) < 4.78 is 29.9. The topological polar surface area (TPSA) is 59.0 Å². The number of hydrogen-bond donors (Lipinski definition) is 0. The Kier molecular flexibility index (Phi) is 5.78. The third-order valence-electron chi connectivity index (χ3n) is 4.56. The Balaban J connectivity index is 1.50. The van der Waals surface area contributed by atoms with E-state index in [4.69, 9.17) is 32.9 Å². The van der Waals surface area contributed by atoms with Gasteiger partial charge in [-0.05, 0) is 30.3 Å². The Morgan fingerprint density at radius 2 is 1.82 bits per heavy atom. The van der Waals surface area contributed by atoms with Crippen LogP contribution in [-0.4, -0.2) is 49.5 Å². The Bertz CT molecular complexity index is 979. The molecule has 9 heteroatoms. The Morgan fingerprint density at radius 1 is 1.11 bits per heavy atom. The van der Waals surface area contributed by atoms with Gasteiger partial charge in [0.15, 0.2) is 15.0 Å². The van der Waals surface area contributed by atoms with E-state index in [0.29, 0.717) is 22.4 Å². The van der Waals surface area contributed by atoms with Crippen LogP contribution in [0.2, 0.25) is 10.0 Å². The Morgan fingerprint density at radius 3 is 2.54 bits per heavy atom. The molecule has 0 radical (unpaired) electrons. The number of aliphatic imine (C=N–C) groups is 1. The molecule has 0 aromatic heterocycles. The maximum atomic E-state index is 12.1. The maximum Gasteiger partial charge on any atom is 0.164 e. The van der Waals surface area contributed by atoms with E-state index < -0.39 is 9.84 Å². The molecule has 5 nitrogen and oxygen atoms in total. The van der Waals surface area contributed by atoms with Crippen LogP contribution in [0.5, 0.6) is 5.75 Å². The molecule has 1 saturated heterocycles. The first kappa shape index (κ1) is 19.9. The van der Waals surface area contributed by atoms with Crippen LogP contribution in [0.15, 0.2) is 53.5 Å². The molecule has 0 bridgehead atoms. The molecule has 0 saturated carbocycles. The summed E-state index contributed by atoms with van der Waals surface area (Å²) in [7, 11) is -3.10. The predicted molar refractivity (Wildman–Crippen MR) is 117 cm³/mol. The minimum absolute atomic E-state index is 0.0764. The highest BCUT2D eigenvalue weighted by Gasteiger charge is 2.47. The van der Waals surface area contributed by atoms with Crippen molar-refractivity contribution in [1.29, 1.82) is 0 Å². The molecule has 28 heavy (non-hydrogen) atoms. The summed E-state index contributed by atoms with van der Waals surface area (Å²) >= 11 is 13.9. The van der Waals surface area contributed by atoms with Crippen LogP contribution in [0, 0.1) is 0 Å². The summed E-state index contributed by atoms with van der Waals surface area (Å²) in [5, 5.41) is 1.78. The molecule has 0 N–H and O–H groups in total. The number of nitrogens with zero attached hydrogens (tertiary/aromatic N) is 2. The molecule has 2 aromatic rings. The van der Waals surface area contributed by atoms with Gasteiger partial charge < -0.3 is 9.64 Å².